The minimum absolute atomic E-state index is 0.808. The summed E-state index contributed by atoms with van der Waals surface area (Å²) in [6.45, 7) is 2.84. The van der Waals surface area contributed by atoms with Crippen molar-refractivity contribution in [3.8, 4) is 0 Å². The molecule has 1 aromatic carbocycles. The van der Waals surface area contributed by atoms with Gasteiger partial charge in [-0.2, -0.15) is 0 Å². The van der Waals surface area contributed by atoms with Gasteiger partial charge in [0.15, 0.2) is 0 Å². The molecule has 0 spiro atoms. The van der Waals surface area contributed by atoms with Gasteiger partial charge in [-0.1, -0.05) is 0 Å². The number of benzene rings is 1. The predicted molar refractivity (Wildman–Crippen MR) is 84.1 cm³/mol. The van der Waals surface area contributed by atoms with E-state index in [0.717, 1.165) is 23.7 Å². The van der Waals surface area contributed by atoms with Crippen molar-refractivity contribution >= 4 is 22.8 Å². The first kappa shape index (κ1) is 13.3. The van der Waals surface area contributed by atoms with E-state index in [1.54, 1.807) is 0 Å². The summed E-state index contributed by atoms with van der Waals surface area (Å²) in [6, 6.07) is 8.19. The fraction of sp³-hybridized carbons (Fsp3) is 0.250. The zero-order valence-corrected chi connectivity index (χ0v) is 11.7. The molecule has 2 rings (SSSR count). The monoisotopic (exact) mass is 253 g/mol. The molecule has 0 saturated carbocycles. The van der Waals surface area contributed by atoms with E-state index in [4.69, 9.17) is 0 Å². The summed E-state index contributed by atoms with van der Waals surface area (Å²) < 4.78 is 0. The van der Waals surface area contributed by atoms with E-state index in [0.29, 0.717) is 0 Å². The maximum atomic E-state index is 4.58. The Hall–Kier alpha value is -2.16. The van der Waals surface area contributed by atoms with Crippen molar-refractivity contribution in [1.29, 1.82) is 0 Å². The Morgan fingerprint density at radius 1 is 0.895 bits per heavy atom. The molecule has 0 heterocycles. The highest BCUT2D eigenvalue weighted by molar-refractivity contribution is 6.18. The Morgan fingerprint density at radius 3 is 2.00 bits per heavy atom. The number of anilines is 1. The molecule has 0 atom stereocenters. The fourth-order valence-electron chi connectivity index (χ4n) is 1.79. The predicted octanol–water partition coefficient (Wildman–Crippen LogP) is 3.41. The van der Waals surface area contributed by atoms with Crippen molar-refractivity contribution in [3.63, 3.8) is 0 Å². The van der Waals surface area contributed by atoms with Crippen LogP contribution in [0.15, 0.2) is 58.6 Å². The summed E-state index contributed by atoms with van der Waals surface area (Å²) in [5.74, 6) is 0. The number of rotatable bonds is 3. The third-order valence-corrected chi connectivity index (χ3v) is 2.81. The van der Waals surface area contributed by atoms with E-state index in [-0.39, 0.29) is 0 Å². The van der Waals surface area contributed by atoms with Crippen LogP contribution in [0.2, 0.25) is 0 Å². The maximum absolute atomic E-state index is 4.58. The largest absolute Gasteiger partial charge is 0.378 e. The van der Waals surface area contributed by atoms with Crippen LogP contribution in [-0.4, -0.2) is 32.1 Å². The second-order valence-electron chi connectivity index (χ2n) is 4.51. The lowest BCUT2D eigenvalue weighted by molar-refractivity contribution is 1.13. The van der Waals surface area contributed by atoms with Gasteiger partial charge in [0.25, 0.3) is 0 Å². The summed E-state index contributed by atoms with van der Waals surface area (Å²) in [6.07, 6.45) is 7.98. The van der Waals surface area contributed by atoms with Crippen molar-refractivity contribution in [2.45, 2.75) is 6.92 Å². The Labute approximate surface area is 114 Å². The average molecular weight is 253 g/mol. The number of allylic oxidation sites excluding steroid dienone is 4. The zero-order valence-electron chi connectivity index (χ0n) is 11.7. The first-order chi connectivity index (χ1) is 9.19. The molecular formula is C16H19N3. The molecule has 98 valence electrons. The van der Waals surface area contributed by atoms with Crippen LogP contribution in [0.1, 0.15) is 6.92 Å². The van der Waals surface area contributed by atoms with Gasteiger partial charge in [-0.3, -0.25) is 4.99 Å². The SMILES string of the molecule is CCN=C1C=CC(=Nc2ccc(N(C)C)cc2)C=C1. The third-order valence-electron chi connectivity index (χ3n) is 2.81. The van der Waals surface area contributed by atoms with Gasteiger partial charge in [0.05, 0.1) is 17.1 Å². The lowest BCUT2D eigenvalue weighted by Crippen LogP contribution is -2.07. The first-order valence-electron chi connectivity index (χ1n) is 6.45. The topological polar surface area (TPSA) is 28.0 Å². The van der Waals surface area contributed by atoms with Crippen molar-refractivity contribution < 1.29 is 0 Å². The highest BCUT2D eigenvalue weighted by Gasteiger charge is 1.99. The minimum atomic E-state index is 0.808. The summed E-state index contributed by atoms with van der Waals surface area (Å²) in [7, 11) is 4.06. The summed E-state index contributed by atoms with van der Waals surface area (Å²) in [5.41, 5.74) is 4.10. The van der Waals surface area contributed by atoms with Crippen LogP contribution < -0.4 is 4.90 Å². The molecule has 1 aliphatic rings. The molecule has 3 nitrogen and oxygen atoms in total. The summed E-state index contributed by atoms with van der Waals surface area (Å²) in [4.78, 5) is 11.0. The molecule has 0 aromatic heterocycles. The van der Waals surface area contributed by atoms with Crippen LogP contribution in [-0.2, 0) is 0 Å². The maximum Gasteiger partial charge on any atom is 0.0638 e. The Morgan fingerprint density at radius 2 is 1.47 bits per heavy atom. The van der Waals surface area contributed by atoms with Crippen LogP contribution in [0.25, 0.3) is 0 Å². The standard InChI is InChI=1S/C16H19N3/c1-4-17-13-5-7-14(8-6-13)18-15-9-11-16(12-10-15)19(2)3/h5-12H,4H2,1-3H3. The van der Waals surface area contributed by atoms with Crippen molar-refractivity contribution in [2.75, 3.05) is 25.5 Å². The van der Waals surface area contributed by atoms with Crippen molar-refractivity contribution in [1.82, 2.24) is 0 Å². The zero-order chi connectivity index (χ0) is 13.7. The molecule has 0 fully saturated rings. The van der Waals surface area contributed by atoms with Crippen molar-refractivity contribution in [3.05, 3.63) is 48.6 Å². The number of hydrogen-bond acceptors (Lipinski definition) is 3. The van der Waals surface area contributed by atoms with Gasteiger partial charge in [0.2, 0.25) is 0 Å². The molecule has 0 amide bonds. The van der Waals surface area contributed by atoms with E-state index in [1.807, 2.05) is 57.5 Å². The molecule has 1 aliphatic carbocycles. The molecule has 0 saturated heterocycles. The van der Waals surface area contributed by atoms with Gasteiger partial charge in [-0.15, -0.1) is 0 Å². The molecule has 19 heavy (non-hydrogen) atoms. The molecule has 0 aliphatic heterocycles. The second-order valence-corrected chi connectivity index (χ2v) is 4.51. The lowest BCUT2D eigenvalue weighted by atomic mass is 10.1. The van der Waals surface area contributed by atoms with Gasteiger partial charge in [0, 0.05) is 26.3 Å². The average Bonchev–Trinajstić information content (AvgIpc) is 2.42. The molecule has 3 heteroatoms. The molecule has 1 aromatic rings. The van der Waals surface area contributed by atoms with E-state index >= 15 is 0 Å². The van der Waals surface area contributed by atoms with Gasteiger partial charge < -0.3 is 4.90 Å². The van der Waals surface area contributed by atoms with Crippen LogP contribution in [0.4, 0.5) is 11.4 Å². The third kappa shape index (κ3) is 3.65. The molecular weight excluding hydrogens is 234 g/mol. The van der Waals surface area contributed by atoms with Gasteiger partial charge in [-0.05, 0) is 55.5 Å². The summed E-state index contributed by atoms with van der Waals surface area (Å²) >= 11 is 0. The van der Waals surface area contributed by atoms with Crippen LogP contribution in [0.5, 0.6) is 0 Å². The summed E-state index contributed by atoms with van der Waals surface area (Å²) in [5, 5.41) is 0. The van der Waals surface area contributed by atoms with Gasteiger partial charge in [0.1, 0.15) is 0 Å². The normalized spacial score (nSPS) is 13.6. The smallest absolute Gasteiger partial charge is 0.0638 e. The van der Waals surface area contributed by atoms with E-state index < -0.39 is 0 Å². The second kappa shape index (κ2) is 6.14. The Kier molecular flexibility index (Phi) is 4.29. The number of hydrogen-bond donors (Lipinski definition) is 0. The first-order valence-corrected chi connectivity index (χ1v) is 6.45. The Bertz CT molecular complexity index is 528. The van der Waals surface area contributed by atoms with Crippen LogP contribution in [0, 0.1) is 0 Å². The molecule has 0 N–H and O–H groups in total. The van der Waals surface area contributed by atoms with E-state index in [9.17, 15) is 0 Å². The molecule has 0 unspecified atom stereocenters. The van der Waals surface area contributed by atoms with Crippen molar-refractivity contribution in [2.24, 2.45) is 9.98 Å². The van der Waals surface area contributed by atoms with E-state index in [1.165, 1.54) is 5.69 Å². The highest BCUT2D eigenvalue weighted by Crippen LogP contribution is 2.18. The fourth-order valence-corrected chi connectivity index (χ4v) is 1.79. The number of nitrogens with zero attached hydrogens (tertiary/aromatic N) is 3. The lowest BCUT2D eigenvalue weighted by Gasteiger charge is -2.11. The molecule has 0 radical (unpaired) electrons. The van der Waals surface area contributed by atoms with Gasteiger partial charge >= 0.3 is 0 Å². The molecule has 0 bridgehead atoms. The van der Waals surface area contributed by atoms with Crippen LogP contribution in [0.3, 0.4) is 0 Å². The quantitative estimate of drug-likeness (QED) is 0.759. The minimum Gasteiger partial charge on any atom is -0.378 e. The highest BCUT2D eigenvalue weighted by atomic mass is 15.1. The van der Waals surface area contributed by atoms with Crippen LogP contribution >= 0.6 is 0 Å². The van der Waals surface area contributed by atoms with Gasteiger partial charge in [-0.25, -0.2) is 4.99 Å². The van der Waals surface area contributed by atoms with E-state index in [2.05, 4.69) is 27.0 Å². The number of aliphatic imine (C=N–C) groups is 2. The Balaban J connectivity index is 2.13.